The summed E-state index contributed by atoms with van der Waals surface area (Å²) in [6.07, 6.45) is 2.95. The van der Waals surface area contributed by atoms with E-state index in [1.165, 1.54) is 12.1 Å². The molecule has 0 atom stereocenters. The molecule has 96 valence electrons. The van der Waals surface area contributed by atoms with E-state index in [9.17, 15) is 13.6 Å². The second kappa shape index (κ2) is 5.89. The zero-order chi connectivity index (χ0) is 13.8. The molecule has 0 saturated heterocycles. The van der Waals surface area contributed by atoms with Gasteiger partial charge >= 0.3 is 0 Å². The highest BCUT2D eigenvalue weighted by atomic mass is 79.9. The van der Waals surface area contributed by atoms with Crippen LogP contribution >= 0.6 is 15.9 Å². The van der Waals surface area contributed by atoms with Crippen LogP contribution in [0.15, 0.2) is 53.0 Å². The van der Waals surface area contributed by atoms with Gasteiger partial charge in [-0.25, -0.2) is 8.78 Å². The average molecular weight is 323 g/mol. The maximum absolute atomic E-state index is 13.0. The third-order valence-electron chi connectivity index (χ3n) is 2.48. The Hall–Kier alpha value is -1.81. The van der Waals surface area contributed by atoms with Crippen molar-refractivity contribution >= 4 is 27.8 Å². The van der Waals surface area contributed by atoms with Crippen LogP contribution in [0.4, 0.5) is 8.78 Å². The first-order chi connectivity index (χ1) is 9.06. The number of hydrogen-bond donors (Lipinski definition) is 0. The van der Waals surface area contributed by atoms with E-state index in [-0.39, 0.29) is 11.3 Å². The average Bonchev–Trinajstić information content (AvgIpc) is 2.39. The van der Waals surface area contributed by atoms with Crippen molar-refractivity contribution < 1.29 is 13.6 Å². The molecular formula is C15H9BrF2O. The van der Waals surface area contributed by atoms with Crippen molar-refractivity contribution in [2.45, 2.75) is 0 Å². The van der Waals surface area contributed by atoms with Gasteiger partial charge in [0.05, 0.1) is 0 Å². The number of benzene rings is 2. The summed E-state index contributed by atoms with van der Waals surface area (Å²) >= 11 is 3.32. The zero-order valence-electron chi connectivity index (χ0n) is 9.74. The van der Waals surface area contributed by atoms with E-state index < -0.39 is 11.6 Å². The maximum Gasteiger partial charge on any atom is 0.185 e. The lowest BCUT2D eigenvalue weighted by atomic mass is 10.1. The largest absolute Gasteiger partial charge is 0.289 e. The van der Waals surface area contributed by atoms with Gasteiger partial charge in [0.25, 0.3) is 0 Å². The van der Waals surface area contributed by atoms with Crippen LogP contribution in [0.3, 0.4) is 0 Å². The standard InChI is InChI=1S/C15H9BrF2O/c16-12-3-1-2-10(8-12)4-7-15(19)11-5-6-13(17)14(18)9-11/h1-9H. The Labute approximate surface area is 117 Å². The first-order valence-electron chi connectivity index (χ1n) is 5.49. The lowest BCUT2D eigenvalue weighted by Gasteiger charge is -1.98. The molecule has 0 aromatic heterocycles. The summed E-state index contributed by atoms with van der Waals surface area (Å²) in [5.74, 6) is -2.37. The number of allylic oxidation sites excluding steroid dienone is 1. The number of carbonyl (C=O) groups is 1. The molecule has 0 bridgehead atoms. The van der Waals surface area contributed by atoms with Crippen LogP contribution in [-0.2, 0) is 0 Å². The van der Waals surface area contributed by atoms with E-state index in [2.05, 4.69) is 15.9 Å². The molecule has 0 heterocycles. The van der Waals surface area contributed by atoms with E-state index in [4.69, 9.17) is 0 Å². The lowest BCUT2D eigenvalue weighted by Crippen LogP contribution is -1.96. The number of ketones is 1. The third kappa shape index (κ3) is 3.58. The Bertz CT molecular complexity index is 650. The van der Waals surface area contributed by atoms with Gasteiger partial charge in [0.1, 0.15) is 0 Å². The van der Waals surface area contributed by atoms with Crippen molar-refractivity contribution in [3.63, 3.8) is 0 Å². The monoisotopic (exact) mass is 322 g/mol. The summed E-state index contributed by atoms with van der Waals surface area (Å²) in [5.41, 5.74) is 0.954. The highest BCUT2D eigenvalue weighted by Crippen LogP contribution is 2.14. The molecule has 0 spiro atoms. The van der Waals surface area contributed by atoms with Crippen molar-refractivity contribution in [1.29, 1.82) is 0 Å². The molecular weight excluding hydrogens is 314 g/mol. The zero-order valence-corrected chi connectivity index (χ0v) is 11.3. The minimum atomic E-state index is -1.03. The molecule has 19 heavy (non-hydrogen) atoms. The van der Waals surface area contributed by atoms with Gasteiger partial charge < -0.3 is 0 Å². The predicted octanol–water partition coefficient (Wildman–Crippen LogP) is 4.62. The van der Waals surface area contributed by atoms with E-state index in [1.807, 2.05) is 24.3 Å². The van der Waals surface area contributed by atoms with Gasteiger partial charge in [-0.15, -0.1) is 0 Å². The van der Waals surface area contributed by atoms with Crippen LogP contribution in [0.1, 0.15) is 15.9 Å². The molecule has 2 aromatic rings. The fourth-order valence-corrected chi connectivity index (χ4v) is 1.94. The van der Waals surface area contributed by atoms with Crippen LogP contribution in [0.5, 0.6) is 0 Å². The van der Waals surface area contributed by atoms with Gasteiger partial charge in [-0.3, -0.25) is 4.79 Å². The predicted molar refractivity (Wildman–Crippen MR) is 73.9 cm³/mol. The Morgan fingerprint density at radius 2 is 1.84 bits per heavy atom. The van der Waals surface area contributed by atoms with Gasteiger partial charge in [0, 0.05) is 10.0 Å². The van der Waals surface area contributed by atoms with E-state index in [1.54, 1.807) is 6.08 Å². The highest BCUT2D eigenvalue weighted by molar-refractivity contribution is 9.10. The fourth-order valence-electron chi connectivity index (χ4n) is 1.53. The van der Waals surface area contributed by atoms with E-state index >= 15 is 0 Å². The quantitative estimate of drug-likeness (QED) is 0.595. The first-order valence-corrected chi connectivity index (χ1v) is 6.28. The number of carbonyl (C=O) groups excluding carboxylic acids is 1. The minimum Gasteiger partial charge on any atom is -0.289 e. The molecule has 0 aliphatic rings. The second-order valence-corrected chi connectivity index (χ2v) is 4.80. The van der Waals surface area contributed by atoms with Gasteiger partial charge in [0.2, 0.25) is 0 Å². The van der Waals surface area contributed by atoms with Crippen LogP contribution < -0.4 is 0 Å². The molecule has 4 heteroatoms. The van der Waals surface area contributed by atoms with E-state index in [0.717, 1.165) is 22.2 Å². The topological polar surface area (TPSA) is 17.1 Å². The highest BCUT2D eigenvalue weighted by Gasteiger charge is 2.06. The van der Waals surface area contributed by atoms with Crippen LogP contribution in [0, 0.1) is 11.6 Å². The molecule has 0 N–H and O–H groups in total. The summed E-state index contributed by atoms with van der Waals surface area (Å²) in [5, 5.41) is 0. The van der Waals surface area contributed by atoms with Crippen molar-refractivity contribution in [3.05, 3.63) is 75.8 Å². The van der Waals surface area contributed by atoms with E-state index in [0.29, 0.717) is 0 Å². The molecule has 0 unspecified atom stereocenters. The van der Waals surface area contributed by atoms with Gasteiger partial charge in [-0.05, 0) is 42.0 Å². The van der Waals surface area contributed by atoms with Crippen molar-refractivity contribution in [2.75, 3.05) is 0 Å². The van der Waals surface area contributed by atoms with Crippen LogP contribution in [-0.4, -0.2) is 5.78 Å². The van der Waals surface area contributed by atoms with Crippen LogP contribution in [0.2, 0.25) is 0 Å². The summed E-state index contributed by atoms with van der Waals surface area (Å²) in [4.78, 5) is 11.8. The van der Waals surface area contributed by atoms with Crippen molar-refractivity contribution in [2.24, 2.45) is 0 Å². The number of rotatable bonds is 3. The molecule has 0 radical (unpaired) electrons. The Morgan fingerprint density at radius 1 is 1.05 bits per heavy atom. The maximum atomic E-state index is 13.0. The molecule has 0 amide bonds. The normalized spacial score (nSPS) is 10.9. The summed E-state index contributed by atoms with van der Waals surface area (Å²) in [7, 11) is 0. The molecule has 0 aliphatic heterocycles. The number of halogens is 3. The van der Waals surface area contributed by atoms with Crippen molar-refractivity contribution in [1.82, 2.24) is 0 Å². The first kappa shape index (κ1) is 13.6. The summed E-state index contributed by atoms with van der Waals surface area (Å²) < 4.78 is 26.6. The molecule has 2 rings (SSSR count). The molecule has 0 fully saturated rings. The smallest absolute Gasteiger partial charge is 0.185 e. The molecule has 0 saturated carbocycles. The molecule has 0 aliphatic carbocycles. The number of hydrogen-bond acceptors (Lipinski definition) is 1. The summed E-state index contributed by atoms with van der Waals surface area (Å²) in [6.45, 7) is 0. The Balaban J connectivity index is 2.19. The molecule has 2 aromatic carbocycles. The third-order valence-corrected chi connectivity index (χ3v) is 2.97. The SMILES string of the molecule is O=C(C=Cc1cccc(Br)c1)c1ccc(F)c(F)c1. The fraction of sp³-hybridized carbons (Fsp3) is 0. The van der Waals surface area contributed by atoms with Crippen LogP contribution in [0.25, 0.3) is 6.08 Å². The van der Waals surface area contributed by atoms with Crippen molar-refractivity contribution in [3.8, 4) is 0 Å². The summed E-state index contributed by atoms with van der Waals surface area (Å²) in [6, 6.07) is 10.5. The minimum absolute atomic E-state index is 0.116. The van der Waals surface area contributed by atoms with Gasteiger partial charge in [-0.1, -0.05) is 34.1 Å². The molecule has 1 nitrogen and oxygen atoms in total. The van der Waals surface area contributed by atoms with Gasteiger partial charge in [0.15, 0.2) is 17.4 Å². The lowest BCUT2D eigenvalue weighted by molar-refractivity contribution is 0.104. The Kier molecular flexibility index (Phi) is 4.22. The second-order valence-electron chi connectivity index (χ2n) is 3.88. The Morgan fingerprint density at radius 3 is 2.53 bits per heavy atom. The van der Waals surface area contributed by atoms with Gasteiger partial charge in [-0.2, -0.15) is 0 Å².